The van der Waals surface area contributed by atoms with Crippen molar-refractivity contribution in [2.45, 2.75) is 83.7 Å². The molecule has 1 rings (SSSR count). The minimum absolute atomic E-state index is 0.190. The first-order valence-electron chi connectivity index (χ1n) is 11.4. The van der Waals surface area contributed by atoms with Gasteiger partial charge in [-0.3, -0.25) is 14.8 Å². The zero-order valence-electron chi connectivity index (χ0n) is 18.8. The van der Waals surface area contributed by atoms with Crippen molar-refractivity contribution in [1.82, 2.24) is 5.48 Å². The summed E-state index contributed by atoms with van der Waals surface area (Å²) < 4.78 is 39.3. The average Bonchev–Trinajstić information content (AvgIpc) is 2.78. The van der Waals surface area contributed by atoms with Crippen LogP contribution < -0.4 is 10.4 Å². The summed E-state index contributed by atoms with van der Waals surface area (Å²) >= 11 is 0. The standard InChI is InChI=1S/C24H35F3N2O3/c1-2-3-4-5-6-7-8-9-10-11-12-13-16-19-29(23(31)24(25,26)27)21-18-15-14-17-20(21)22(30)28-32/h11-12,14-15,17-18,32H,2-10,13,16,19H2,1H3,(H,28,30). The Hall–Kier alpha value is -2.35. The molecule has 1 aromatic rings. The van der Waals surface area contributed by atoms with Crippen molar-refractivity contribution in [2.24, 2.45) is 0 Å². The van der Waals surface area contributed by atoms with E-state index < -0.39 is 18.0 Å². The molecule has 180 valence electrons. The minimum Gasteiger partial charge on any atom is -0.304 e. The number of halogens is 3. The zero-order valence-corrected chi connectivity index (χ0v) is 18.8. The van der Waals surface area contributed by atoms with Gasteiger partial charge in [0.25, 0.3) is 5.91 Å². The van der Waals surface area contributed by atoms with E-state index in [9.17, 15) is 22.8 Å². The van der Waals surface area contributed by atoms with Crippen LogP contribution >= 0.6 is 0 Å². The number of nitrogens with one attached hydrogen (secondary N) is 1. The van der Waals surface area contributed by atoms with Crippen molar-refractivity contribution < 1.29 is 28.0 Å². The lowest BCUT2D eigenvalue weighted by molar-refractivity contribution is -0.170. The molecule has 2 N–H and O–H groups in total. The molecule has 0 saturated carbocycles. The van der Waals surface area contributed by atoms with Gasteiger partial charge in [0.05, 0.1) is 11.3 Å². The molecule has 32 heavy (non-hydrogen) atoms. The van der Waals surface area contributed by atoms with Crippen LogP contribution in [-0.2, 0) is 4.79 Å². The Morgan fingerprint density at radius 1 is 0.938 bits per heavy atom. The number of amides is 2. The maximum absolute atomic E-state index is 13.1. The number of carbonyl (C=O) groups is 2. The molecular formula is C24H35F3N2O3. The first-order chi connectivity index (χ1) is 15.3. The third-order valence-electron chi connectivity index (χ3n) is 5.17. The fourth-order valence-corrected chi connectivity index (χ4v) is 3.44. The van der Waals surface area contributed by atoms with E-state index in [1.807, 2.05) is 12.2 Å². The highest BCUT2D eigenvalue weighted by atomic mass is 19.4. The maximum Gasteiger partial charge on any atom is 0.471 e. The molecule has 0 saturated heterocycles. The number of unbranched alkanes of at least 4 members (excludes halogenated alkanes) is 9. The summed E-state index contributed by atoms with van der Waals surface area (Å²) in [5.41, 5.74) is 1.00. The van der Waals surface area contributed by atoms with Crippen LogP contribution in [0.3, 0.4) is 0 Å². The van der Waals surface area contributed by atoms with Crippen LogP contribution in [0.25, 0.3) is 0 Å². The van der Waals surface area contributed by atoms with Crippen LogP contribution in [0.15, 0.2) is 36.4 Å². The normalized spacial score (nSPS) is 11.7. The van der Waals surface area contributed by atoms with Crippen molar-refractivity contribution in [3.05, 3.63) is 42.0 Å². The number of alkyl halides is 3. The molecule has 0 aromatic heterocycles. The van der Waals surface area contributed by atoms with Crippen LogP contribution in [0.4, 0.5) is 18.9 Å². The molecule has 0 spiro atoms. The Morgan fingerprint density at radius 2 is 1.50 bits per heavy atom. The molecule has 8 heteroatoms. The number of hydrogen-bond acceptors (Lipinski definition) is 3. The van der Waals surface area contributed by atoms with E-state index in [0.29, 0.717) is 17.7 Å². The van der Waals surface area contributed by atoms with E-state index in [-0.39, 0.29) is 17.8 Å². The summed E-state index contributed by atoms with van der Waals surface area (Å²) in [6, 6.07) is 5.38. The van der Waals surface area contributed by atoms with Crippen molar-refractivity contribution in [2.75, 3.05) is 11.4 Å². The number of nitrogens with zero attached hydrogens (tertiary/aromatic N) is 1. The third-order valence-corrected chi connectivity index (χ3v) is 5.17. The molecule has 0 aliphatic carbocycles. The number of allylic oxidation sites excluding steroid dienone is 2. The molecule has 0 aliphatic heterocycles. The van der Waals surface area contributed by atoms with E-state index in [2.05, 4.69) is 6.92 Å². The smallest absolute Gasteiger partial charge is 0.304 e. The van der Waals surface area contributed by atoms with E-state index in [4.69, 9.17) is 5.21 Å². The highest BCUT2D eigenvalue weighted by Crippen LogP contribution is 2.27. The van der Waals surface area contributed by atoms with Crippen LogP contribution in [-0.4, -0.2) is 29.7 Å². The number of para-hydroxylation sites is 1. The van der Waals surface area contributed by atoms with Gasteiger partial charge in [0.15, 0.2) is 0 Å². The number of anilines is 1. The van der Waals surface area contributed by atoms with Crippen molar-refractivity contribution >= 4 is 17.5 Å². The Kier molecular flexibility index (Phi) is 13.4. The van der Waals surface area contributed by atoms with E-state index >= 15 is 0 Å². The van der Waals surface area contributed by atoms with Gasteiger partial charge in [0.2, 0.25) is 0 Å². The lowest BCUT2D eigenvalue weighted by atomic mass is 10.1. The summed E-state index contributed by atoms with van der Waals surface area (Å²) in [6.07, 6.45) is 10.5. The van der Waals surface area contributed by atoms with Gasteiger partial charge in [-0.05, 0) is 37.8 Å². The van der Waals surface area contributed by atoms with Crippen LogP contribution in [0.5, 0.6) is 0 Å². The minimum atomic E-state index is -5.07. The highest BCUT2D eigenvalue weighted by molar-refractivity contribution is 6.05. The first kappa shape index (κ1) is 27.7. The predicted molar refractivity (Wildman–Crippen MR) is 120 cm³/mol. The summed E-state index contributed by atoms with van der Waals surface area (Å²) in [4.78, 5) is 24.3. The fraction of sp³-hybridized carbons (Fsp3) is 0.583. The molecule has 2 amide bonds. The number of carbonyl (C=O) groups excluding carboxylic acids is 2. The van der Waals surface area contributed by atoms with Crippen LogP contribution in [0.1, 0.15) is 87.9 Å². The van der Waals surface area contributed by atoms with Gasteiger partial charge in [-0.1, -0.05) is 76.2 Å². The topological polar surface area (TPSA) is 69.6 Å². The molecule has 0 atom stereocenters. The number of benzene rings is 1. The average molecular weight is 457 g/mol. The van der Waals surface area contributed by atoms with Crippen molar-refractivity contribution in [3.63, 3.8) is 0 Å². The molecule has 5 nitrogen and oxygen atoms in total. The van der Waals surface area contributed by atoms with Gasteiger partial charge in [0, 0.05) is 6.54 Å². The molecular weight excluding hydrogens is 421 g/mol. The van der Waals surface area contributed by atoms with Gasteiger partial charge in [-0.25, -0.2) is 5.48 Å². The summed E-state index contributed by atoms with van der Waals surface area (Å²) in [7, 11) is 0. The van der Waals surface area contributed by atoms with Crippen molar-refractivity contribution in [1.29, 1.82) is 0 Å². The number of hydrogen-bond donors (Lipinski definition) is 2. The highest BCUT2D eigenvalue weighted by Gasteiger charge is 2.43. The quantitative estimate of drug-likeness (QED) is 0.136. The molecule has 0 aliphatic rings. The largest absolute Gasteiger partial charge is 0.471 e. The fourth-order valence-electron chi connectivity index (χ4n) is 3.44. The lowest BCUT2D eigenvalue weighted by Crippen LogP contribution is -2.42. The molecule has 0 fully saturated rings. The Labute approximate surface area is 188 Å². The summed E-state index contributed by atoms with van der Waals surface area (Å²) in [5, 5.41) is 8.86. The molecule has 1 aromatic carbocycles. The van der Waals surface area contributed by atoms with E-state index in [1.54, 1.807) is 0 Å². The monoisotopic (exact) mass is 456 g/mol. The Balaban J connectivity index is 2.52. The second-order valence-corrected chi connectivity index (χ2v) is 7.79. The van der Waals surface area contributed by atoms with Crippen LogP contribution in [0, 0.1) is 0 Å². The second-order valence-electron chi connectivity index (χ2n) is 7.79. The zero-order chi connectivity index (χ0) is 23.8. The van der Waals surface area contributed by atoms with Crippen molar-refractivity contribution in [3.8, 4) is 0 Å². The maximum atomic E-state index is 13.1. The lowest BCUT2D eigenvalue weighted by Gasteiger charge is -2.25. The van der Waals surface area contributed by atoms with E-state index in [0.717, 1.165) is 12.8 Å². The molecule has 0 unspecified atom stereocenters. The van der Waals surface area contributed by atoms with Gasteiger partial charge >= 0.3 is 12.1 Å². The van der Waals surface area contributed by atoms with Gasteiger partial charge < -0.3 is 4.90 Å². The number of rotatable bonds is 15. The third kappa shape index (κ3) is 10.3. The Bertz CT molecular complexity index is 721. The predicted octanol–water partition coefficient (Wildman–Crippen LogP) is 6.57. The van der Waals surface area contributed by atoms with Gasteiger partial charge in [-0.2, -0.15) is 13.2 Å². The summed E-state index contributed by atoms with van der Waals surface area (Å²) in [6.45, 7) is 2.00. The van der Waals surface area contributed by atoms with Gasteiger partial charge in [0.1, 0.15) is 0 Å². The van der Waals surface area contributed by atoms with Crippen LogP contribution in [0.2, 0.25) is 0 Å². The molecule has 0 radical (unpaired) electrons. The molecule has 0 bridgehead atoms. The SMILES string of the molecule is CCCCCCCCCCC=CCCCN(C(=O)C(F)(F)F)c1ccccc1C(=O)NO. The second kappa shape index (κ2) is 15.5. The summed E-state index contributed by atoms with van der Waals surface area (Å²) in [5.74, 6) is -3.02. The molecule has 0 heterocycles. The Morgan fingerprint density at radius 3 is 2.09 bits per heavy atom. The van der Waals surface area contributed by atoms with E-state index in [1.165, 1.54) is 74.7 Å². The first-order valence-corrected chi connectivity index (χ1v) is 11.4. The van der Waals surface area contributed by atoms with Gasteiger partial charge in [-0.15, -0.1) is 0 Å². The number of hydroxylamine groups is 1.